The first-order chi connectivity index (χ1) is 7.74. The van der Waals surface area contributed by atoms with E-state index in [0.29, 0.717) is 24.2 Å². The minimum atomic E-state index is -0.0261. The summed E-state index contributed by atoms with van der Waals surface area (Å²) < 4.78 is 6.58. The maximum Gasteiger partial charge on any atom is 0.258 e. The molecule has 4 heteroatoms. The Morgan fingerprint density at radius 1 is 1.31 bits per heavy atom. The average Bonchev–Trinajstić information content (AvgIpc) is 2.29. The number of methoxy groups -OCH3 is 1. The lowest BCUT2D eigenvalue weighted by Crippen LogP contribution is -2.21. The molecule has 0 aliphatic rings. The Hall–Kier alpha value is -1.81. The number of nitrogens with zero attached hydrogens (tertiary/aromatic N) is 1. The summed E-state index contributed by atoms with van der Waals surface area (Å²) in [5, 5.41) is 1.46. The molecule has 0 unspecified atom stereocenters. The van der Waals surface area contributed by atoms with Crippen LogP contribution >= 0.6 is 0 Å². The fourth-order valence-electron chi connectivity index (χ4n) is 1.71. The van der Waals surface area contributed by atoms with Crippen LogP contribution in [0.5, 0.6) is 0 Å². The van der Waals surface area contributed by atoms with Gasteiger partial charge in [-0.05, 0) is 18.2 Å². The van der Waals surface area contributed by atoms with Gasteiger partial charge >= 0.3 is 0 Å². The Kier molecular flexibility index (Phi) is 2.92. The summed E-state index contributed by atoms with van der Waals surface area (Å²) in [5.74, 6) is 0. The number of fused-ring (bicyclic) bond motifs is 1. The maximum absolute atomic E-state index is 12.0. The number of hydrogen-bond acceptors (Lipinski definition) is 3. The second kappa shape index (κ2) is 4.37. The Balaban J connectivity index is 2.57. The summed E-state index contributed by atoms with van der Waals surface area (Å²) in [4.78, 5) is 12.0. The van der Waals surface area contributed by atoms with E-state index in [0.717, 1.165) is 5.39 Å². The summed E-state index contributed by atoms with van der Waals surface area (Å²) in [7, 11) is 1.62. The highest BCUT2D eigenvalue weighted by molar-refractivity contribution is 5.91. The Morgan fingerprint density at radius 2 is 2.12 bits per heavy atom. The number of pyridine rings is 1. The van der Waals surface area contributed by atoms with Crippen LogP contribution in [-0.2, 0) is 11.3 Å². The van der Waals surface area contributed by atoms with E-state index in [1.54, 1.807) is 36.1 Å². The molecule has 1 heterocycles. The van der Waals surface area contributed by atoms with Gasteiger partial charge in [0.15, 0.2) is 0 Å². The summed E-state index contributed by atoms with van der Waals surface area (Å²) >= 11 is 0. The summed E-state index contributed by atoms with van der Waals surface area (Å²) in [6.45, 7) is 1.08. The highest BCUT2D eigenvalue weighted by Gasteiger charge is 2.03. The predicted octanol–water partition coefficient (Wildman–Crippen LogP) is 1.23. The molecule has 0 atom stereocenters. The zero-order valence-corrected chi connectivity index (χ0v) is 9.14. The Bertz CT molecular complexity index is 560. The molecule has 0 amide bonds. The molecule has 0 saturated heterocycles. The van der Waals surface area contributed by atoms with Crippen molar-refractivity contribution in [2.75, 3.05) is 19.5 Å². The first-order valence-corrected chi connectivity index (χ1v) is 5.10. The molecule has 84 valence electrons. The number of nitrogens with two attached hydrogens (primary N) is 1. The second-order valence-electron chi connectivity index (χ2n) is 3.62. The fraction of sp³-hybridized carbons (Fsp3) is 0.250. The van der Waals surface area contributed by atoms with Crippen molar-refractivity contribution >= 4 is 16.5 Å². The van der Waals surface area contributed by atoms with E-state index >= 15 is 0 Å². The van der Waals surface area contributed by atoms with Crippen molar-refractivity contribution in [1.29, 1.82) is 0 Å². The van der Waals surface area contributed by atoms with Gasteiger partial charge in [-0.25, -0.2) is 0 Å². The molecule has 0 aliphatic heterocycles. The maximum atomic E-state index is 12.0. The molecular weight excluding hydrogens is 204 g/mol. The number of anilines is 1. The molecule has 0 saturated carbocycles. The molecule has 0 spiro atoms. The van der Waals surface area contributed by atoms with Crippen molar-refractivity contribution in [3.8, 4) is 0 Å². The molecule has 0 fully saturated rings. The van der Waals surface area contributed by atoms with Gasteiger partial charge in [-0.1, -0.05) is 6.07 Å². The van der Waals surface area contributed by atoms with Crippen LogP contribution in [0.1, 0.15) is 0 Å². The van der Waals surface area contributed by atoms with Crippen molar-refractivity contribution in [2.24, 2.45) is 0 Å². The minimum absolute atomic E-state index is 0.0261. The highest BCUT2D eigenvalue weighted by Crippen LogP contribution is 2.16. The third-order valence-electron chi connectivity index (χ3n) is 2.59. The largest absolute Gasteiger partial charge is 0.398 e. The van der Waals surface area contributed by atoms with Gasteiger partial charge in [0.1, 0.15) is 0 Å². The van der Waals surface area contributed by atoms with E-state index in [9.17, 15) is 4.79 Å². The van der Waals surface area contributed by atoms with E-state index in [2.05, 4.69) is 0 Å². The number of nitrogen functional groups attached to an aromatic ring is 1. The standard InChI is InChI=1S/C12H14N2O2/c1-16-8-7-14-6-5-9-10(12(14)15)3-2-4-11(9)13/h2-6H,7-8,13H2,1H3. The summed E-state index contributed by atoms with van der Waals surface area (Å²) in [6.07, 6.45) is 1.75. The van der Waals surface area contributed by atoms with Crippen LogP contribution in [0.15, 0.2) is 35.3 Å². The van der Waals surface area contributed by atoms with Gasteiger partial charge in [0.05, 0.1) is 6.61 Å². The zero-order chi connectivity index (χ0) is 11.5. The van der Waals surface area contributed by atoms with Crippen LogP contribution in [0.2, 0.25) is 0 Å². The monoisotopic (exact) mass is 218 g/mol. The van der Waals surface area contributed by atoms with Crippen molar-refractivity contribution in [1.82, 2.24) is 4.57 Å². The summed E-state index contributed by atoms with van der Waals surface area (Å²) in [6, 6.07) is 7.24. The lowest BCUT2D eigenvalue weighted by molar-refractivity contribution is 0.186. The normalized spacial score (nSPS) is 10.8. The fourth-order valence-corrected chi connectivity index (χ4v) is 1.71. The van der Waals surface area contributed by atoms with Gasteiger partial charge < -0.3 is 15.0 Å². The molecule has 1 aromatic heterocycles. The third-order valence-corrected chi connectivity index (χ3v) is 2.59. The van der Waals surface area contributed by atoms with Crippen LogP contribution in [0.4, 0.5) is 5.69 Å². The lowest BCUT2D eigenvalue weighted by atomic mass is 10.1. The first-order valence-electron chi connectivity index (χ1n) is 5.10. The molecule has 4 nitrogen and oxygen atoms in total. The quantitative estimate of drug-likeness (QED) is 0.788. The molecule has 16 heavy (non-hydrogen) atoms. The van der Waals surface area contributed by atoms with Crippen LogP contribution in [0, 0.1) is 0 Å². The van der Waals surface area contributed by atoms with E-state index < -0.39 is 0 Å². The van der Waals surface area contributed by atoms with E-state index in [1.807, 2.05) is 6.07 Å². The van der Waals surface area contributed by atoms with Crippen molar-refractivity contribution in [2.45, 2.75) is 6.54 Å². The second-order valence-corrected chi connectivity index (χ2v) is 3.62. The smallest absolute Gasteiger partial charge is 0.258 e. The van der Waals surface area contributed by atoms with Crippen molar-refractivity contribution in [3.63, 3.8) is 0 Å². The lowest BCUT2D eigenvalue weighted by Gasteiger charge is -2.07. The SMILES string of the molecule is COCCn1ccc2c(N)cccc2c1=O. The minimum Gasteiger partial charge on any atom is -0.398 e. The third kappa shape index (κ3) is 1.79. The van der Waals surface area contributed by atoms with Gasteiger partial charge in [0.2, 0.25) is 0 Å². The van der Waals surface area contributed by atoms with Gasteiger partial charge in [0.25, 0.3) is 5.56 Å². The van der Waals surface area contributed by atoms with Crippen LogP contribution in [0.25, 0.3) is 10.8 Å². The van der Waals surface area contributed by atoms with Crippen LogP contribution in [-0.4, -0.2) is 18.3 Å². The average molecular weight is 218 g/mol. The van der Waals surface area contributed by atoms with Gasteiger partial charge in [-0.15, -0.1) is 0 Å². The number of benzene rings is 1. The highest BCUT2D eigenvalue weighted by atomic mass is 16.5. The first kappa shape index (κ1) is 10.7. The number of ether oxygens (including phenoxy) is 1. The van der Waals surface area contributed by atoms with Crippen LogP contribution < -0.4 is 11.3 Å². The van der Waals surface area contributed by atoms with E-state index in [1.165, 1.54) is 0 Å². The topological polar surface area (TPSA) is 57.2 Å². The Labute approximate surface area is 93.3 Å². The molecule has 2 rings (SSSR count). The van der Waals surface area contributed by atoms with Crippen molar-refractivity contribution in [3.05, 3.63) is 40.8 Å². The van der Waals surface area contributed by atoms with E-state index in [4.69, 9.17) is 10.5 Å². The summed E-state index contributed by atoms with van der Waals surface area (Å²) in [5.41, 5.74) is 6.41. The zero-order valence-electron chi connectivity index (χ0n) is 9.14. The number of aromatic nitrogens is 1. The molecule has 0 radical (unpaired) electrons. The molecular formula is C12H14N2O2. The number of hydrogen-bond donors (Lipinski definition) is 1. The molecule has 0 aliphatic carbocycles. The van der Waals surface area contributed by atoms with E-state index in [-0.39, 0.29) is 5.56 Å². The van der Waals surface area contributed by atoms with Gasteiger partial charge in [0, 0.05) is 36.3 Å². The molecule has 2 aromatic rings. The van der Waals surface area contributed by atoms with Crippen molar-refractivity contribution < 1.29 is 4.74 Å². The predicted molar refractivity (Wildman–Crippen MR) is 64.5 cm³/mol. The molecule has 2 N–H and O–H groups in total. The number of rotatable bonds is 3. The van der Waals surface area contributed by atoms with Gasteiger partial charge in [-0.3, -0.25) is 4.79 Å². The Morgan fingerprint density at radius 3 is 2.88 bits per heavy atom. The molecule has 0 bridgehead atoms. The van der Waals surface area contributed by atoms with Crippen LogP contribution in [0.3, 0.4) is 0 Å². The molecule has 1 aromatic carbocycles. The van der Waals surface area contributed by atoms with Gasteiger partial charge in [-0.2, -0.15) is 0 Å².